The lowest BCUT2D eigenvalue weighted by atomic mass is 9.97. The summed E-state index contributed by atoms with van der Waals surface area (Å²) in [5, 5.41) is 16.1. The highest BCUT2D eigenvalue weighted by atomic mass is 32.1. The number of anilines is 1. The number of rotatable bonds is 4. The Labute approximate surface area is 154 Å². The lowest BCUT2D eigenvalue weighted by molar-refractivity contribution is -0.384. The summed E-state index contributed by atoms with van der Waals surface area (Å²) in [7, 11) is 0. The van der Waals surface area contributed by atoms with E-state index >= 15 is 0 Å². The molecular formula is C18H17N5O2S. The molecule has 0 atom stereocenters. The molecule has 0 unspecified atom stereocenters. The Morgan fingerprint density at radius 3 is 2.77 bits per heavy atom. The highest BCUT2D eigenvalue weighted by Gasteiger charge is 2.20. The van der Waals surface area contributed by atoms with Crippen LogP contribution in [-0.4, -0.2) is 21.1 Å². The van der Waals surface area contributed by atoms with E-state index in [-0.39, 0.29) is 5.69 Å². The third-order valence-electron chi connectivity index (χ3n) is 4.41. The summed E-state index contributed by atoms with van der Waals surface area (Å²) < 4.78 is 0. The second-order valence-corrected chi connectivity index (χ2v) is 7.31. The van der Waals surface area contributed by atoms with E-state index in [4.69, 9.17) is 0 Å². The Kier molecular flexibility index (Phi) is 4.34. The number of nitrogens with one attached hydrogen (secondary N) is 1. The fourth-order valence-corrected chi connectivity index (χ4v) is 4.50. The normalized spacial score (nSPS) is 13.9. The zero-order chi connectivity index (χ0) is 18.1. The van der Waals surface area contributed by atoms with Crippen molar-refractivity contribution in [3.63, 3.8) is 0 Å². The Morgan fingerprint density at radius 1 is 1.23 bits per heavy atom. The van der Waals surface area contributed by atoms with Crippen molar-refractivity contribution in [1.82, 2.24) is 9.97 Å². The lowest BCUT2D eigenvalue weighted by Crippen LogP contribution is -2.02. The molecule has 0 aliphatic heterocycles. The van der Waals surface area contributed by atoms with Crippen LogP contribution in [0.3, 0.4) is 0 Å². The molecule has 1 aliphatic carbocycles. The minimum atomic E-state index is -0.417. The van der Waals surface area contributed by atoms with Gasteiger partial charge in [-0.1, -0.05) is 0 Å². The summed E-state index contributed by atoms with van der Waals surface area (Å²) in [6.45, 7) is 1.88. The third kappa shape index (κ3) is 3.15. The fraction of sp³-hybridized carbons (Fsp3) is 0.278. The Hall–Kier alpha value is -2.87. The molecule has 0 saturated heterocycles. The van der Waals surface area contributed by atoms with Crippen molar-refractivity contribution in [3.8, 4) is 0 Å². The van der Waals surface area contributed by atoms with Crippen LogP contribution in [0.25, 0.3) is 10.2 Å². The van der Waals surface area contributed by atoms with E-state index in [2.05, 4.69) is 20.5 Å². The van der Waals surface area contributed by atoms with Crippen LogP contribution in [0.15, 0.2) is 29.4 Å². The summed E-state index contributed by atoms with van der Waals surface area (Å²) in [6.07, 6.45) is 6.22. The highest BCUT2D eigenvalue weighted by molar-refractivity contribution is 7.19. The number of aromatic nitrogens is 2. The third-order valence-corrected chi connectivity index (χ3v) is 5.60. The topological polar surface area (TPSA) is 93.3 Å². The maximum atomic E-state index is 10.7. The molecule has 0 fully saturated rings. The zero-order valence-electron chi connectivity index (χ0n) is 14.2. The van der Waals surface area contributed by atoms with Gasteiger partial charge in [0.05, 0.1) is 16.5 Å². The molecule has 0 saturated carbocycles. The van der Waals surface area contributed by atoms with Gasteiger partial charge in [0.1, 0.15) is 10.7 Å². The number of fused-ring (bicyclic) bond motifs is 3. The van der Waals surface area contributed by atoms with Crippen molar-refractivity contribution >= 4 is 39.3 Å². The van der Waals surface area contributed by atoms with E-state index in [1.807, 2.05) is 6.92 Å². The van der Waals surface area contributed by atoms with Crippen molar-refractivity contribution in [3.05, 3.63) is 56.2 Å². The lowest BCUT2D eigenvalue weighted by Gasteiger charge is -2.11. The van der Waals surface area contributed by atoms with Crippen LogP contribution in [0.4, 0.5) is 11.5 Å². The number of nitro groups is 1. The van der Waals surface area contributed by atoms with Gasteiger partial charge in [-0.15, -0.1) is 11.3 Å². The van der Waals surface area contributed by atoms with Gasteiger partial charge >= 0.3 is 0 Å². The predicted octanol–water partition coefficient (Wildman–Crippen LogP) is 4.23. The van der Waals surface area contributed by atoms with Crippen LogP contribution in [0, 0.1) is 17.0 Å². The minimum Gasteiger partial charge on any atom is -0.261 e. The molecule has 1 aliphatic rings. The zero-order valence-corrected chi connectivity index (χ0v) is 15.0. The SMILES string of the molecule is Cc1nc(N/N=C/c2ccc([N+](=O)[O-])cc2)c2c3c(sc2n1)CCCC3. The standard InChI is InChI=1S/C18H17N5O2S/c1-11-20-17(16-14-4-2-3-5-15(14)26-18(16)21-11)22-19-10-12-6-8-13(9-7-12)23(24)25/h6-10H,2-5H2,1H3,(H,20,21,22)/b19-10+. The maximum Gasteiger partial charge on any atom is 0.269 e. The van der Waals surface area contributed by atoms with Gasteiger partial charge in [-0.3, -0.25) is 15.5 Å². The van der Waals surface area contributed by atoms with E-state index in [0.717, 1.165) is 34.4 Å². The monoisotopic (exact) mass is 367 g/mol. The summed E-state index contributed by atoms with van der Waals surface area (Å²) in [4.78, 5) is 21.8. The molecule has 4 rings (SSSR count). The molecule has 1 aromatic carbocycles. The second-order valence-electron chi connectivity index (χ2n) is 6.23. The van der Waals surface area contributed by atoms with E-state index in [0.29, 0.717) is 5.82 Å². The number of nitro benzene ring substituents is 1. The molecular weight excluding hydrogens is 350 g/mol. The summed E-state index contributed by atoms with van der Waals surface area (Å²) in [5.41, 5.74) is 5.23. The Bertz CT molecular complexity index is 1010. The molecule has 0 radical (unpaired) electrons. The Morgan fingerprint density at radius 2 is 2.00 bits per heavy atom. The van der Waals surface area contributed by atoms with Crippen molar-refractivity contribution in [2.24, 2.45) is 5.10 Å². The quantitative estimate of drug-likeness (QED) is 0.423. The predicted molar refractivity (Wildman–Crippen MR) is 103 cm³/mol. The van der Waals surface area contributed by atoms with Crippen LogP contribution >= 0.6 is 11.3 Å². The maximum absolute atomic E-state index is 10.7. The largest absolute Gasteiger partial charge is 0.269 e. The van der Waals surface area contributed by atoms with Crippen molar-refractivity contribution in [2.45, 2.75) is 32.6 Å². The van der Waals surface area contributed by atoms with E-state index in [1.165, 1.54) is 35.4 Å². The second kappa shape index (κ2) is 6.80. The van der Waals surface area contributed by atoms with E-state index < -0.39 is 4.92 Å². The molecule has 8 heteroatoms. The van der Waals surface area contributed by atoms with Gasteiger partial charge in [0.25, 0.3) is 5.69 Å². The molecule has 0 amide bonds. The van der Waals surface area contributed by atoms with Gasteiger partial charge in [-0.25, -0.2) is 9.97 Å². The molecule has 132 valence electrons. The smallest absolute Gasteiger partial charge is 0.261 e. The van der Waals surface area contributed by atoms with Crippen molar-refractivity contribution in [2.75, 3.05) is 5.43 Å². The van der Waals surface area contributed by atoms with Crippen molar-refractivity contribution < 1.29 is 4.92 Å². The molecule has 0 spiro atoms. The molecule has 3 aromatic rings. The van der Waals surface area contributed by atoms with Gasteiger partial charge in [-0.05, 0) is 55.9 Å². The van der Waals surface area contributed by atoms with Crippen LogP contribution in [-0.2, 0) is 12.8 Å². The molecule has 0 bridgehead atoms. The molecule has 1 N–H and O–H groups in total. The first kappa shape index (κ1) is 16.6. The summed E-state index contributed by atoms with van der Waals surface area (Å²) in [6, 6.07) is 6.25. The Balaban J connectivity index is 1.62. The number of hydrazone groups is 1. The van der Waals surface area contributed by atoms with Gasteiger partial charge < -0.3 is 0 Å². The first-order valence-electron chi connectivity index (χ1n) is 8.44. The minimum absolute atomic E-state index is 0.0631. The van der Waals surface area contributed by atoms with Gasteiger partial charge in [0, 0.05) is 17.0 Å². The summed E-state index contributed by atoms with van der Waals surface area (Å²) >= 11 is 1.76. The number of non-ortho nitro benzene ring substituents is 1. The number of aryl methyl sites for hydroxylation is 3. The highest BCUT2D eigenvalue weighted by Crippen LogP contribution is 2.38. The average Bonchev–Trinajstić information content (AvgIpc) is 3.00. The van der Waals surface area contributed by atoms with E-state index in [9.17, 15) is 10.1 Å². The number of hydrogen-bond acceptors (Lipinski definition) is 7. The molecule has 2 heterocycles. The van der Waals surface area contributed by atoms with Crippen molar-refractivity contribution in [1.29, 1.82) is 0 Å². The summed E-state index contributed by atoms with van der Waals surface area (Å²) in [5.74, 6) is 1.44. The first-order chi connectivity index (χ1) is 12.6. The van der Waals surface area contributed by atoms with Crippen LogP contribution in [0.5, 0.6) is 0 Å². The van der Waals surface area contributed by atoms with Crippen LogP contribution in [0.2, 0.25) is 0 Å². The van der Waals surface area contributed by atoms with Crippen LogP contribution in [0.1, 0.15) is 34.7 Å². The van der Waals surface area contributed by atoms with E-state index in [1.54, 1.807) is 29.7 Å². The number of benzene rings is 1. The fourth-order valence-electron chi connectivity index (χ4n) is 3.20. The van der Waals surface area contributed by atoms with Gasteiger partial charge in [-0.2, -0.15) is 5.10 Å². The molecule has 7 nitrogen and oxygen atoms in total. The average molecular weight is 367 g/mol. The molecule has 2 aromatic heterocycles. The number of thiophene rings is 1. The van der Waals surface area contributed by atoms with Gasteiger partial charge in [0.15, 0.2) is 5.82 Å². The molecule has 26 heavy (non-hydrogen) atoms. The first-order valence-corrected chi connectivity index (χ1v) is 9.26. The number of hydrogen-bond donors (Lipinski definition) is 1. The van der Waals surface area contributed by atoms with Crippen LogP contribution < -0.4 is 5.43 Å². The number of nitrogens with zero attached hydrogens (tertiary/aromatic N) is 4. The van der Waals surface area contributed by atoms with Gasteiger partial charge in [0.2, 0.25) is 0 Å².